The number of alkyl halides is 2. The zero-order valence-corrected chi connectivity index (χ0v) is 11.9. The Balaban J connectivity index is 2.51. The number of hydrogen-bond donors (Lipinski definition) is 3. The van der Waals surface area contributed by atoms with E-state index in [2.05, 4.69) is 16.0 Å². The van der Waals surface area contributed by atoms with Gasteiger partial charge in [-0.15, -0.1) is 0 Å². The Morgan fingerprint density at radius 2 is 2.20 bits per heavy atom. The molecule has 0 unspecified atom stereocenters. The first-order valence-corrected chi connectivity index (χ1v) is 6.87. The number of rotatable bonds is 5. The van der Waals surface area contributed by atoms with E-state index in [1.54, 1.807) is 19.3 Å². The molecule has 1 heterocycles. The topological polar surface area (TPSA) is 36.1 Å². The van der Waals surface area contributed by atoms with Crippen LogP contribution < -0.4 is 16.0 Å². The molecule has 0 fully saturated rings. The van der Waals surface area contributed by atoms with Crippen LogP contribution in [0.25, 0.3) is 5.57 Å². The summed E-state index contributed by atoms with van der Waals surface area (Å²) >= 11 is 0. The second kappa shape index (κ2) is 6.70. The van der Waals surface area contributed by atoms with Crippen molar-refractivity contribution < 1.29 is 8.78 Å². The highest BCUT2D eigenvalue weighted by molar-refractivity contribution is 5.73. The van der Waals surface area contributed by atoms with Crippen molar-refractivity contribution in [1.82, 2.24) is 10.6 Å². The molecule has 0 aliphatic carbocycles. The lowest BCUT2D eigenvalue weighted by molar-refractivity contribution is 0.151. The molecule has 0 radical (unpaired) electrons. The Labute approximate surface area is 118 Å². The van der Waals surface area contributed by atoms with E-state index < -0.39 is 6.43 Å². The van der Waals surface area contributed by atoms with Crippen LogP contribution in [0.3, 0.4) is 0 Å². The fourth-order valence-electron chi connectivity index (χ4n) is 2.58. The van der Waals surface area contributed by atoms with Crippen molar-refractivity contribution in [3.8, 4) is 0 Å². The Morgan fingerprint density at radius 3 is 2.85 bits per heavy atom. The summed E-state index contributed by atoms with van der Waals surface area (Å²) in [6.07, 6.45) is 1.28. The number of fused-ring (bicyclic) bond motifs is 1. The van der Waals surface area contributed by atoms with Crippen molar-refractivity contribution in [2.24, 2.45) is 0 Å². The average molecular weight is 281 g/mol. The number of aryl methyl sites for hydroxylation is 1. The fraction of sp³-hybridized carbons (Fsp3) is 0.467. The molecule has 3 N–H and O–H groups in total. The van der Waals surface area contributed by atoms with Gasteiger partial charge >= 0.3 is 0 Å². The molecule has 0 saturated heterocycles. The van der Waals surface area contributed by atoms with Crippen molar-refractivity contribution in [2.45, 2.75) is 19.3 Å². The highest BCUT2D eigenvalue weighted by atomic mass is 19.3. The SMILES string of the molecule is CN/C=C(\CNC)c1cc2c(cc1C(F)F)NCCC2. The van der Waals surface area contributed by atoms with E-state index in [9.17, 15) is 8.78 Å². The molecule has 3 nitrogen and oxygen atoms in total. The Morgan fingerprint density at radius 1 is 1.40 bits per heavy atom. The predicted molar refractivity (Wildman–Crippen MR) is 79.2 cm³/mol. The summed E-state index contributed by atoms with van der Waals surface area (Å²) in [7, 11) is 3.59. The molecule has 0 amide bonds. The average Bonchev–Trinajstić information content (AvgIpc) is 2.45. The predicted octanol–water partition coefficient (Wildman–Crippen LogP) is 2.76. The van der Waals surface area contributed by atoms with Crippen LogP contribution in [0.15, 0.2) is 18.3 Å². The lowest BCUT2D eigenvalue weighted by Gasteiger charge is -2.22. The molecule has 0 bridgehead atoms. The summed E-state index contributed by atoms with van der Waals surface area (Å²) in [6, 6.07) is 3.51. The second-order valence-corrected chi connectivity index (χ2v) is 4.92. The minimum atomic E-state index is -2.48. The Kier molecular flexibility index (Phi) is 4.95. The fourth-order valence-corrected chi connectivity index (χ4v) is 2.58. The maximum atomic E-state index is 13.3. The number of benzene rings is 1. The first kappa shape index (κ1) is 14.8. The van der Waals surface area contributed by atoms with Gasteiger partial charge < -0.3 is 16.0 Å². The largest absolute Gasteiger partial charge is 0.394 e. The molecule has 0 spiro atoms. The van der Waals surface area contributed by atoms with Gasteiger partial charge in [0.25, 0.3) is 6.43 Å². The smallest absolute Gasteiger partial charge is 0.264 e. The lowest BCUT2D eigenvalue weighted by Crippen LogP contribution is -2.16. The van der Waals surface area contributed by atoms with Gasteiger partial charge in [-0.3, -0.25) is 0 Å². The number of nitrogens with one attached hydrogen (secondary N) is 3. The van der Waals surface area contributed by atoms with Crippen LogP contribution >= 0.6 is 0 Å². The van der Waals surface area contributed by atoms with Crippen molar-refractivity contribution in [1.29, 1.82) is 0 Å². The van der Waals surface area contributed by atoms with E-state index in [1.807, 2.05) is 13.1 Å². The van der Waals surface area contributed by atoms with Crippen LogP contribution in [0.1, 0.15) is 29.5 Å². The number of likely N-dealkylation sites (N-methyl/N-ethyl adjacent to an activating group) is 1. The van der Waals surface area contributed by atoms with Gasteiger partial charge in [-0.05, 0) is 48.7 Å². The number of hydrogen-bond acceptors (Lipinski definition) is 3. The quantitative estimate of drug-likeness (QED) is 0.776. The van der Waals surface area contributed by atoms with Crippen molar-refractivity contribution >= 4 is 11.3 Å². The Hall–Kier alpha value is -1.62. The van der Waals surface area contributed by atoms with Crippen molar-refractivity contribution in [2.75, 3.05) is 32.5 Å². The van der Waals surface area contributed by atoms with Gasteiger partial charge in [0.05, 0.1) is 0 Å². The summed E-state index contributed by atoms with van der Waals surface area (Å²) in [4.78, 5) is 0. The van der Waals surface area contributed by atoms with Crippen LogP contribution in [0, 0.1) is 0 Å². The minimum Gasteiger partial charge on any atom is -0.394 e. The second-order valence-electron chi connectivity index (χ2n) is 4.92. The molecule has 0 aromatic heterocycles. The zero-order chi connectivity index (χ0) is 14.5. The Bertz CT molecular complexity index is 498. The molecule has 1 aromatic carbocycles. The lowest BCUT2D eigenvalue weighted by atomic mass is 9.93. The highest BCUT2D eigenvalue weighted by Crippen LogP contribution is 2.34. The van der Waals surface area contributed by atoms with E-state index in [0.717, 1.165) is 36.2 Å². The third-order valence-electron chi connectivity index (χ3n) is 3.48. The van der Waals surface area contributed by atoms with Crippen LogP contribution in [0.2, 0.25) is 0 Å². The third kappa shape index (κ3) is 3.10. The molecule has 5 heteroatoms. The van der Waals surface area contributed by atoms with E-state index in [0.29, 0.717) is 12.1 Å². The molecule has 20 heavy (non-hydrogen) atoms. The minimum absolute atomic E-state index is 0.0925. The highest BCUT2D eigenvalue weighted by Gasteiger charge is 2.20. The maximum Gasteiger partial charge on any atom is 0.264 e. The van der Waals surface area contributed by atoms with Gasteiger partial charge in [-0.2, -0.15) is 0 Å². The monoisotopic (exact) mass is 281 g/mol. The molecule has 1 aliphatic rings. The van der Waals surface area contributed by atoms with E-state index >= 15 is 0 Å². The third-order valence-corrected chi connectivity index (χ3v) is 3.48. The zero-order valence-electron chi connectivity index (χ0n) is 11.9. The van der Waals surface area contributed by atoms with Crippen LogP contribution in [-0.2, 0) is 6.42 Å². The molecule has 0 atom stereocenters. The van der Waals surface area contributed by atoms with Gasteiger partial charge in [-0.25, -0.2) is 8.78 Å². The van der Waals surface area contributed by atoms with Gasteiger partial charge in [0.15, 0.2) is 0 Å². The summed E-state index contributed by atoms with van der Waals surface area (Å²) in [5.41, 5.74) is 3.54. The van der Waals surface area contributed by atoms with E-state index in [-0.39, 0.29) is 5.56 Å². The molecule has 0 saturated carbocycles. The summed E-state index contributed by atoms with van der Waals surface area (Å²) in [5.74, 6) is 0. The summed E-state index contributed by atoms with van der Waals surface area (Å²) in [5, 5.41) is 9.17. The molecule has 1 aromatic rings. The van der Waals surface area contributed by atoms with Gasteiger partial charge in [-0.1, -0.05) is 0 Å². The van der Waals surface area contributed by atoms with Crippen molar-refractivity contribution in [3.63, 3.8) is 0 Å². The van der Waals surface area contributed by atoms with Crippen LogP contribution in [-0.4, -0.2) is 27.2 Å². The van der Waals surface area contributed by atoms with Gasteiger partial charge in [0.1, 0.15) is 0 Å². The summed E-state index contributed by atoms with van der Waals surface area (Å²) < 4.78 is 26.7. The number of anilines is 1. The number of halogens is 2. The molecular weight excluding hydrogens is 260 g/mol. The standard InChI is InChI=1S/C15H21F2N3/c1-18-8-11(9-19-2)12-6-10-4-3-5-20-14(10)7-13(12)15(16)17/h6-8,15,18-20H,3-5,9H2,1-2H3/b11-8+. The molecular formula is C15H21F2N3. The normalized spacial score (nSPS) is 14.9. The first-order valence-electron chi connectivity index (χ1n) is 6.87. The molecule has 1 aliphatic heterocycles. The first-order chi connectivity index (χ1) is 9.67. The van der Waals surface area contributed by atoms with Gasteiger partial charge in [0, 0.05) is 37.6 Å². The van der Waals surface area contributed by atoms with Crippen LogP contribution in [0.4, 0.5) is 14.5 Å². The van der Waals surface area contributed by atoms with E-state index in [1.165, 1.54) is 0 Å². The van der Waals surface area contributed by atoms with E-state index in [4.69, 9.17) is 0 Å². The van der Waals surface area contributed by atoms with Gasteiger partial charge in [0.2, 0.25) is 0 Å². The summed E-state index contributed by atoms with van der Waals surface area (Å²) in [6.45, 7) is 1.40. The molecule has 110 valence electrons. The molecule has 2 rings (SSSR count). The van der Waals surface area contributed by atoms with Crippen LogP contribution in [0.5, 0.6) is 0 Å². The van der Waals surface area contributed by atoms with Crippen molar-refractivity contribution in [3.05, 3.63) is 35.0 Å². The maximum absolute atomic E-state index is 13.3.